The topological polar surface area (TPSA) is 72.5 Å². The highest BCUT2D eigenvalue weighted by atomic mass is 16.9. The van der Waals surface area contributed by atoms with Crippen LogP contribution in [0, 0.1) is 0 Å². The van der Waals surface area contributed by atoms with E-state index in [4.69, 9.17) is 28.4 Å². The van der Waals surface area contributed by atoms with Crippen LogP contribution in [0.4, 0.5) is 0 Å². The van der Waals surface area contributed by atoms with Gasteiger partial charge in [0.15, 0.2) is 24.0 Å². The van der Waals surface area contributed by atoms with Crippen molar-refractivity contribution in [2.24, 2.45) is 0 Å². The molecule has 0 amide bonds. The zero-order valence-corrected chi connectivity index (χ0v) is 16.8. The molecule has 29 heavy (non-hydrogen) atoms. The number of esters is 1. The Labute approximate surface area is 168 Å². The number of fused-ring (bicyclic) bond motifs is 4. The standard InChI is InChI=1S/C22H24O7/c1-21(2)26-15-16(27-21)18-20(29-22(3,4)28-18)25-17(15)19(23)24-14-10-9-12-7-5-6-8-13(12)11-14/h5-11,15-18,20H,1-4H3/t15-,16+,17+,18-,20+/m1/s1. The lowest BCUT2D eigenvalue weighted by molar-refractivity contribution is -0.236. The SMILES string of the molecule is CC1(C)O[C@H]2[C@@H](O1)[C@@H](C(=O)Oc1ccc3ccccc3c1)O[C@H]1OC(C)(C)O[C@@H]12. The average molecular weight is 400 g/mol. The lowest BCUT2D eigenvalue weighted by Crippen LogP contribution is -2.58. The van der Waals surface area contributed by atoms with E-state index in [-0.39, 0.29) is 0 Å². The van der Waals surface area contributed by atoms with Crippen molar-refractivity contribution in [2.45, 2.75) is 70.0 Å². The molecular weight excluding hydrogens is 376 g/mol. The van der Waals surface area contributed by atoms with Crippen molar-refractivity contribution in [1.29, 1.82) is 0 Å². The molecule has 5 atom stereocenters. The quantitative estimate of drug-likeness (QED) is 0.566. The smallest absolute Gasteiger partial charge is 0.343 e. The first-order valence-electron chi connectivity index (χ1n) is 9.78. The molecule has 0 unspecified atom stereocenters. The molecule has 0 saturated carbocycles. The van der Waals surface area contributed by atoms with Gasteiger partial charge >= 0.3 is 5.97 Å². The minimum atomic E-state index is -0.994. The van der Waals surface area contributed by atoms with Crippen LogP contribution in [0.1, 0.15) is 27.7 Å². The molecule has 0 radical (unpaired) electrons. The second kappa shape index (κ2) is 6.48. The summed E-state index contributed by atoms with van der Waals surface area (Å²) in [5, 5.41) is 2.05. The summed E-state index contributed by atoms with van der Waals surface area (Å²) in [5.41, 5.74) is 0. The Morgan fingerprint density at radius 1 is 0.828 bits per heavy atom. The number of carbonyl (C=O) groups excluding carboxylic acids is 1. The van der Waals surface area contributed by atoms with Crippen LogP contribution in [-0.2, 0) is 28.5 Å². The fourth-order valence-electron chi connectivity index (χ4n) is 4.21. The van der Waals surface area contributed by atoms with Gasteiger partial charge in [0.1, 0.15) is 24.1 Å². The van der Waals surface area contributed by atoms with Crippen LogP contribution in [0.2, 0.25) is 0 Å². The number of hydrogen-bond donors (Lipinski definition) is 0. The van der Waals surface area contributed by atoms with E-state index >= 15 is 0 Å². The van der Waals surface area contributed by atoms with Gasteiger partial charge in [0, 0.05) is 0 Å². The van der Waals surface area contributed by atoms with Crippen LogP contribution in [0.25, 0.3) is 10.8 Å². The van der Waals surface area contributed by atoms with Crippen molar-refractivity contribution in [2.75, 3.05) is 0 Å². The Kier molecular flexibility index (Phi) is 4.24. The largest absolute Gasteiger partial charge is 0.425 e. The predicted octanol–water partition coefficient (Wildman–Crippen LogP) is 3.14. The molecule has 0 aliphatic carbocycles. The van der Waals surface area contributed by atoms with Crippen molar-refractivity contribution < 1.29 is 33.2 Å². The van der Waals surface area contributed by atoms with Gasteiger partial charge in [0.2, 0.25) is 0 Å². The Morgan fingerprint density at radius 3 is 2.28 bits per heavy atom. The zero-order valence-electron chi connectivity index (χ0n) is 16.8. The highest BCUT2D eigenvalue weighted by molar-refractivity contribution is 5.85. The minimum absolute atomic E-state index is 0.443. The predicted molar refractivity (Wildman–Crippen MR) is 102 cm³/mol. The molecule has 7 nitrogen and oxygen atoms in total. The summed E-state index contributed by atoms with van der Waals surface area (Å²) < 4.78 is 35.4. The fraction of sp³-hybridized carbons (Fsp3) is 0.500. The molecule has 0 spiro atoms. The monoisotopic (exact) mass is 400 g/mol. The molecule has 0 aromatic heterocycles. The van der Waals surface area contributed by atoms with Gasteiger partial charge < -0.3 is 28.4 Å². The summed E-state index contributed by atoms with van der Waals surface area (Å²) in [6, 6.07) is 13.4. The zero-order chi connectivity index (χ0) is 20.4. The van der Waals surface area contributed by atoms with Gasteiger partial charge in [-0.1, -0.05) is 30.3 Å². The molecule has 3 heterocycles. The van der Waals surface area contributed by atoms with Crippen LogP contribution < -0.4 is 4.74 Å². The second-order valence-corrected chi connectivity index (χ2v) is 8.52. The summed E-state index contributed by atoms with van der Waals surface area (Å²) in [6.07, 6.45) is -3.37. The summed E-state index contributed by atoms with van der Waals surface area (Å²) in [6.45, 7) is 7.19. The molecule has 7 heteroatoms. The van der Waals surface area contributed by atoms with E-state index in [1.165, 1.54) is 0 Å². The molecule has 154 valence electrons. The molecule has 0 bridgehead atoms. The molecule has 2 aromatic rings. The van der Waals surface area contributed by atoms with Crippen LogP contribution >= 0.6 is 0 Å². The van der Waals surface area contributed by atoms with E-state index in [1.54, 1.807) is 33.8 Å². The minimum Gasteiger partial charge on any atom is -0.425 e. The Bertz CT molecular complexity index is 953. The molecule has 2 aromatic carbocycles. The van der Waals surface area contributed by atoms with Gasteiger partial charge in [-0.15, -0.1) is 0 Å². The van der Waals surface area contributed by atoms with E-state index in [9.17, 15) is 4.79 Å². The average Bonchev–Trinajstić information content (AvgIpc) is 3.14. The molecule has 5 rings (SSSR count). The van der Waals surface area contributed by atoms with Gasteiger partial charge in [-0.3, -0.25) is 0 Å². The van der Waals surface area contributed by atoms with E-state index in [0.717, 1.165) is 10.8 Å². The Morgan fingerprint density at radius 2 is 1.48 bits per heavy atom. The fourth-order valence-corrected chi connectivity index (χ4v) is 4.21. The van der Waals surface area contributed by atoms with E-state index in [1.807, 2.05) is 36.4 Å². The molecule has 3 aliphatic heterocycles. The van der Waals surface area contributed by atoms with Crippen LogP contribution in [-0.4, -0.2) is 48.2 Å². The summed E-state index contributed by atoms with van der Waals surface area (Å²) in [4.78, 5) is 13.0. The van der Waals surface area contributed by atoms with Crippen LogP contribution in [0.5, 0.6) is 5.75 Å². The number of rotatable bonds is 2. The first kappa shape index (κ1) is 19.0. The van der Waals surface area contributed by atoms with Crippen LogP contribution in [0.15, 0.2) is 42.5 Å². The molecule has 0 N–H and O–H groups in total. The first-order valence-corrected chi connectivity index (χ1v) is 9.78. The van der Waals surface area contributed by atoms with Crippen molar-refractivity contribution >= 4 is 16.7 Å². The van der Waals surface area contributed by atoms with Crippen LogP contribution in [0.3, 0.4) is 0 Å². The normalized spacial score (nSPS) is 34.6. The van der Waals surface area contributed by atoms with Crippen molar-refractivity contribution in [3.63, 3.8) is 0 Å². The maximum absolute atomic E-state index is 13.0. The third-order valence-electron chi connectivity index (χ3n) is 5.33. The molecule has 3 aliphatic rings. The summed E-state index contributed by atoms with van der Waals surface area (Å²) in [5.74, 6) is -1.82. The molecular formula is C22H24O7. The second-order valence-electron chi connectivity index (χ2n) is 8.52. The van der Waals surface area contributed by atoms with Crippen molar-refractivity contribution in [3.8, 4) is 5.75 Å². The number of ether oxygens (including phenoxy) is 6. The third kappa shape index (κ3) is 3.43. The van der Waals surface area contributed by atoms with E-state index in [2.05, 4.69) is 0 Å². The van der Waals surface area contributed by atoms with Crippen molar-refractivity contribution in [1.82, 2.24) is 0 Å². The highest BCUT2D eigenvalue weighted by Gasteiger charge is 2.62. The van der Waals surface area contributed by atoms with Gasteiger partial charge in [0.05, 0.1) is 0 Å². The maximum atomic E-state index is 13.0. The molecule has 3 saturated heterocycles. The number of benzene rings is 2. The van der Waals surface area contributed by atoms with E-state index < -0.39 is 48.2 Å². The third-order valence-corrected chi connectivity index (χ3v) is 5.33. The van der Waals surface area contributed by atoms with Crippen molar-refractivity contribution in [3.05, 3.63) is 42.5 Å². The lowest BCUT2D eigenvalue weighted by atomic mass is 9.99. The van der Waals surface area contributed by atoms with Gasteiger partial charge in [-0.25, -0.2) is 4.79 Å². The highest BCUT2D eigenvalue weighted by Crippen LogP contribution is 2.44. The Balaban J connectivity index is 1.40. The molecule has 3 fully saturated rings. The van der Waals surface area contributed by atoms with Gasteiger partial charge in [-0.2, -0.15) is 0 Å². The maximum Gasteiger partial charge on any atom is 0.343 e. The van der Waals surface area contributed by atoms with Gasteiger partial charge in [0.25, 0.3) is 0 Å². The van der Waals surface area contributed by atoms with Gasteiger partial charge in [-0.05, 0) is 50.6 Å². The van der Waals surface area contributed by atoms with E-state index in [0.29, 0.717) is 5.75 Å². The summed E-state index contributed by atoms with van der Waals surface area (Å²) in [7, 11) is 0. The lowest BCUT2D eigenvalue weighted by Gasteiger charge is -2.35. The Hall–Kier alpha value is -2.03. The number of carbonyl (C=O) groups is 1. The summed E-state index contributed by atoms with van der Waals surface area (Å²) >= 11 is 0. The first-order chi connectivity index (χ1) is 13.7. The number of hydrogen-bond acceptors (Lipinski definition) is 7.